The molecule has 0 atom stereocenters. The van der Waals surface area contributed by atoms with Crippen LogP contribution in [0.2, 0.25) is 0 Å². The number of fused-ring (bicyclic) bond motifs is 8. The quantitative estimate of drug-likeness (QED) is 0.166. The van der Waals surface area contributed by atoms with Crippen LogP contribution in [0.1, 0.15) is 89.5 Å². The van der Waals surface area contributed by atoms with Crippen molar-refractivity contribution in [3.63, 3.8) is 0 Å². The van der Waals surface area contributed by atoms with Crippen molar-refractivity contribution in [2.24, 2.45) is 0 Å². The summed E-state index contributed by atoms with van der Waals surface area (Å²) >= 11 is 0. The van der Waals surface area contributed by atoms with E-state index in [2.05, 4.69) is 180 Å². The van der Waals surface area contributed by atoms with E-state index in [0.717, 1.165) is 89.4 Å². The zero-order valence-corrected chi connectivity index (χ0v) is 38.5. The maximum absolute atomic E-state index is 5.59. The van der Waals surface area contributed by atoms with Gasteiger partial charge in [0.25, 0.3) is 0 Å². The molecule has 61 heavy (non-hydrogen) atoms. The molecule has 304 valence electrons. The fourth-order valence-corrected chi connectivity index (χ4v) is 10.4. The minimum absolute atomic E-state index is 0. The van der Waals surface area contributed by atoms with Crippen molar-refractivity contribution in [2.45, 2.75) is 83.1 Å². The minimum atomic E-state index is 0. The summed E-state index contributed by atoms with van der Waals surface area (Å²) in [6, 6.07) is 26.9. The van der Waals surface area contributed by atoms with Gasteiger partial charge >= 0.3 is 17.1 Å². The van der Waals surface area contributed by atoms with E-state index in [0.29, 0.717) is 0 Å². The largest absolute Gasteiger partial charge is 2.00 e. The van der Waals surface area contributed by atoms with Gasteiger partial charge in [0.05, 0.1) is 22.8 Å². The Labute approximate surface area is 371 Å². The third-order valence-electron chi connectivity index (χ3n) is 12.3. The molecular weight excluding hydrogens is 784 g/mol. The van der Waals surface area contributed by atoms with Gasteiger partial charge in [-0.05, 0) is 191 Å². The van der Waals surface area contributed by atoms with Gasteiger partial charge in [-0.2, -0.15) is 0 Å². The molecule has 0 amide bonds. The smallest absolute Gasteiger partial charge is 0.657 e. The number of aromatic nitrogens is 4. The molecular formula is C56H52FeN4. The third kappa shape index (κ3) is 7.24. The average Bonchev–Trinajstić information content (AvgIpc) is 3.99. The van der Waals surface area contributed by atoms with E-state index in [1.54, 1.807) is 0 Å². The Morgan fingerprint density at radius 1 is 0.279 bits per heavy atom. The zero-order chi connectivity index (χ0) is 42.3. The molecule has 0 aliphatic carbocycles. The summed E-state index contributed by atoms with van der Waals surface area (Å²) in [5, 5.41) is 0. The Bertz CT molecular complexity index is 2970. The second-order valence-corrected chi connectivity index (χ2v) is 17.5. The average molecular weight is 837 g/mol. The monoisotopic (exact) mass is 836 g/mol. The number of rotatable bonds is 4. The van der Waals surface area contributed by atoms with Crippen LogP contribution < -0.4 is 9.97 Å². The number of hydrogen-bond acceptors (Lipinski definition) is 2. The number of hydrogen-bond donors (Lipinski definition) is 0. The van der Waals surface area contributed by atoms with Gasteiger partial charge in [-0.15, -0.1) is 22.1 Å². The summed E-state index contributed by atoms with van der Waals surface area (Å²) in [5.41, 5.74) is 30.4. The molecule has 8 bridgehead atoms. The predicted molar refractivity (Wildman–Crippen MR) is 255 cm³/mol. The molecule has 4 aromatic carbocycles. The van der Waals surface area contributed by atoms with Gasteiger partial charge in [-0.3, -0.25) is 0 Å². The van der Waals surface area contributed by atoms with E-state index in [1.165, 1.54) is 66.8 Å². The molecule has 0 saturated heterocycles. The molecule has 7 aromatic rings. The third-order valence-corrected chi connectivity index (χ3v) is 12.3. The van der Waals surface area contributed by atoms with E-state index in [1.807, 2.05) is 0 Å². The normalized spacial score (nSPS) is 12.0. The Morgan fingerprint density at radius 3 is 0.770 bits per heavy atom. The van der Waals surface area contributed by atoms with E-state index in [9.17, 15) is 0 Å². The first-order valence-corrected chi connectivity index (χ1v) is 21.1. The topological polar surface area (TPSA) is 54.0 Å². The fourth-order valence-electron chi connectivity index (χ4n) is 10.4. The van der Waals surface area contributed by atoms with Crippen molar-refractivity contribution in [3.05, 3.63) is 162 Å². The molecule has 0 N–H and O–H groups in total. The second kappa shape index (κ2) is 15.8. The zero-order valence-electron chi connectivity index (χ0n) is 37.4. The number of aryl methyl sites for hydroxylation is 12. The molecule has 0 fully saturated rings. The SMILES string of the molecule is Cc1cc(C)c(-c2c3nc(c(-c4c(C)cc(C)cc4C)c4ccc([n-]4)c(-c4c(C)cc(C)cc4C)c4ccc([n-]4)c(-c4c(C)cc(C)cc4C)c4nc2C=C4)C=C3)c(C)c1.[Fe+2]. The second-order valence-electron chi connectivity index (χ2n) is 17.5. The molecule has 5 heterocycles. The first kappa shape index (κ1) is 41.7. The summed E-state index contributed by atoms with van der Waals surface area (Å²) in [6.07, 6.45) is 8.72. The Hall–Kier alpha value is -6.00. The molecule has 2 aliphatic rings. The van der Waals surface area contributed by atoms with Gasteiger partial charge < -0.3 is 9.97 Å². The summed E-state index contributed by atoms with van der Waals surface area (Å²) in [5.74, 6) is 0. The van der Waals surface area contributed by atoms with Crippen LogP contribution in [-0.4, -0.2) is 9.97 Å². The predicted octanol–water partition coefficient (Wildman–Crippen LogP) is 14.3. The Balaban J connectivity index is 0.00000514. The molecule has 3 aromatic heterocycles. The van der Waals surface area contributed by atoms with Gasteiger partial charge in [-0.25, -0.2) is 9.97 Å². The van der Waals surface area contributed by atoms with Crippen molar-refractivity contribution in [1.29, 1.82) is 0 Å². The van der Waals surface area contributed by atoms with E-state index < -0.39 is 0 Å². The first-order valence-electron chi connectivity index (χ1n) is 21.1. The maximum atomic E-state index is 5.59. The van der Waals surface area contributed by atoms with Crippen molar-refractivity contribution in [2.75, 3.05) is 0 Å². The van der Waals surface area contributed by atoms with Gasteiger partial charge in [-0.1, -0.05) is 95.1 Å². The van der Waals surface area contributed by atoms with Crippen LogP contribution >= 0.6 is 0 Å². The van der Waals surface area contributed by atoms with Gasteiger partial charge in [0.2, 0.25) is 0 Å². The van der Waals surface area contributed by atoms with Crippen molar-refractivity contribution < 1.29 is 17.1 Å². The Morgan fingerprint density at radius 2 is 0.492 bits per heavy atom. The molecule has 4 nitrogen and oxygen atoms in total. The van der Waals surface area contributed by atoms with Gasteiger partial charge in [0.15, 0.2) is 0 Å². The summed E-state index contributed by atoms with van der Waals surface area (Å²) in [4.78, 5) is 22.4. The molecule has 0 spiro atoms. The fraction of sp³-hybridized carbons (Fsp3) is 0.214. The van der Waals surface area contributed by atoms with E-state index in [-0.39, 0.29) is 17.1 Å². The van der Waals surface area contributed by atoms with Crippen LogP contribution in [0.5, 0.6) is 0 Å². The summed E-state index contributed by atoms with van der Waals surface area (Å²) < 4.78 is 0. The number of benzene rings is 4. The summed E-state index contributed by atoms with van der Waals surface area (Å²) in [6.45, 7) is 26.3. The van der Waals surface area contributed by atoms with Gasteiger partial charge in [0, 0.05) is 5.56 Å². The van der Waals surface area contributed by atoms with E-state index >= 15 is 0 Å². The van der Waals surface area contributed by atoms with Crippen molar-refractivity contribution in [3.8, 4) is 44.5 Å². The number of nitrogens with zero attached hydrogens (tertiary/aromatic N) is 4. The van der Waals surface area contributed by atoms with Crippen LogP contribution in [0.25, 0.3) is 90.9 Å². The Kier molecular flexibility index (Phi) is 10.8. The van der Waals surface area contributed by atoms with Crippen LogP contribution in [0.4, 0.5) is 0 Å². The maximum Gasteiger partial charge on any atom is 2.00 e. The molecule has 5 heteroatoms. The van der Waals surface area contributed by atoms with Crippen LogP contribution in [0.3, 0.4) is 0 Å². The van der Waals surface area contributed by atoms with Crippen molar-refractivity contribution >= 4 is 46.4 Å². The van der Waals surface area contributed by atoms with Gasteiger partial charge in [0.1, 0.15) is 0 Å². The minimum Gasteiger partial charge on any atom is -0.657 e. The van der Waals surface area contributed by atoms with Crippen LogP contribution in [-0.2, 0) is 17.1 Å². The van der Waals surface area contributed by atoms with Crippen LogP contribution in [0.15, 0.2) is 72.8 Å². The molecule has 9 rings (SSSR count). The van der Waals surface area contributed by atoms with Crippen molar-refractivity contribution in [1.82, 2.24) is 19.9 Å². The molecule has 0 unspecified atom stereocenters. The van der Waals surface area contributed by atoms with Crippen LogP contribution in [0, 0.1) is 83.1 Å². The molecule has 0 radical (unpaired) electrons. The molecule has 2 aliphatic heterocycles. The standard InChI is InChI=1S/C56H52N4.Fe/c1-29-21-33(5)49(34(6)22-29)53-41-13-15-43(57-41)54(50-35(7)23-30(2)24-36(50)8)45-17-19-47(59-45)56(52-39(11)27-32(4)28-40(52)12)48-20-18-46(60-48)55(44-16-14-42(53)58-44)51-37(9)25-31(3)26-38(51)10;/h13-28H,1-12H3;/q-2;+2. The first-order chi connectivity index (χ1) is 28.7. The summed E-state index contributed by atoms with van der Waals surface area (Å²) in [7, 11) is 0. The molecule has 0 saturated carbocycles. The van der Waals surface area contributed by atoms with E-state index in [4.69, 9.17) is 19.9 Å².